The zero-order valence-electron chi connectivity index (χ0n) is 13.7. The Kier molecular flexibility index (Phi) is 5.98. The average molecular weight is 351 g/mol. The lowest BCUT2D eigenvalue weighted by Gasteiger charge is -2.20. The van der Waals surface area contributed by atoms with Crippen LogP contribution in [0.1, 0.15) is 48.0 Å². The predicted octanol–water partition coefficient (Wildman–Crippen LogP) is 3.45. The van der Waals surface area contributed by atoms with Gasteiger partial charge in [0.25, 0.3) is 5.91 Å². The van der Waals surface area contributed by atoms with E-state index in [9.17, 15) is 9.59 Å². The monoisotopic (exact) mass is 350 g/mol. The lowest BCUT2D eigenvalue weighted by Crippen LogP contribution is -2.31. The van der Waals surface area contributed by atoms with Crippen LogP contribution in [-0.4, -0.2) is 23.1 Å². The van der Waals surface area contributed by atoms with E-state index in [-0.39, 0.29) is 12.5 Å². The summed E-state index contributed by atoms with van der Waals surface area (Å²) in [5, 5.41) is 6.84. The number of rotatable bonds is 6. The number of esters is 1. The summed E-state index contributed by atoms with van der Waals surface area (Å²) in [7, 11) is 0. The van der Waals surface area contributed by atoms with Crippen molar-refractivity contribution in [1.82, 2.24) is 10.5 Å². The molecule has 0 spiro atoms. The lowest BCUT2D eigenvalue weighted by atomic mass is 10.0. The number of aromatic nitrogens is 1. The van der Waals surface area contributed by atoms with Crippen molar-refractivity contribution in [1.29, 1.82) is 0 Å². The zero-order chi connectivity index (χ0) is 17.7. The van der Waals surface area contributed by atoms with Gasteiger partial charge in [0, 0.05) is 5.02 Å². The van der Waals surface area contributed by atoms with E-state index < -0.39 is 17.9 Å². The first-order chi connectivity index (χ1) is 11.4. The molecule has 6 nitrogen and oxygen atoms in total. The first-order valence-electron chi connectivity index (χ1n) is 7.54. The number of hydrogen-bond donors (Lipinski definition) is 1. The third kappa shape index (κ3) is 4.58. The van der Waals surface area contributed by atoms with Crippen molar-refractivity contribution >= 4 is 23.5 Å². The van der Waals surface area contributed by atoms with Gasteiger partial charge in [-0.3, -0.25) is 9.59 Å². The van der Waals surface area contributed by atoms with Crippen molar-refractivity contribution in [3.8, 4) is 0 Å². The molecule has 7 heteroatoms. The van der Waals surface area contributed by atoms with E-state index in [1.54, 1.807) is 45.0 Å². The molecule has 0 fully saturated rings. The second-order valence-electron chi connectivity index (χ2n) is 5.59. The van der Waals surface area contributed by atoms with Crippen LogP contribution in [0.2, 0.25) is 5.02 Å². The maximum Gasteiger partial charge on any atom is 0.308 e. The van der Waals surface area contributed by atoms with Gasteiger partial charge in [-0.1, -0.05) is 35.0 Å². The summed E-state index contributed by atoms with van der Waals surface area (Å²) in [4.78, 5) is 24.5. The largest absolute Gasteiger partial charge is 0.463 e. The SMILES string of the molecule is Cc1oncc1C(=O)NC(CC(=O)OC(C)C)c1ccccc1Cl. The Hall–Kier alpha value is -2.34. The van der Waals surface area contributed by atoms with Crippen molar-refractivity contribution in [2.24, 2.45) is 0 Å². The Morgan fingerprint density at radius 2 is 2.04 bits per heavy atom. The van der Waals surface area contributed by atoms with Crippen molar-refractivity contribution < 1.29 is 18.8 Å². The number of nitrogens with one attached hydrogen (secondary N) is 1. The highest BCUT2D eigenvalue weighted by atomic mass is 35.5. The molecule has 0 saturated carbocycles. The Balaban J connectivity index is 2.23. The van der Waals surface area contributed by atoms with Crippen molar-refractivity contribution in [2.75, 3.05) is 0 Å². The number of benzene rings is 1. The molecule has 0 saturated heterocycles. The van der Waals surface area contributed by atoms with Gasteiger partial charge in [-0.25, -0.2) is 0 Å². The van der Waals surface area contributed by atoms with Gasteiger partial charge in [0.2, 0.25) is 0 Å². The fraction of sp³-hybridized carbons (Fsp3) is 0.353. The van der Waals surface area contributed by atoms with Crippen molar-refractivity contribution in [3.63, 3.8) is 0 Å². The Bertz CT molecular complexity index is 727. The van der Waals surface area contributed by atoms with Crippen molar-refractivity contribution in [3.05, 3.63) is 52.4 Å². The molecule has 0 bridgehead atoms. The number of carbonyl (C=O) groups is 2. The molecule has 0 aliphatic carbocycles. The first-order valence-corrected chi connectivity index (χ1v) is 7.92. The molecule has 0 aliphatic heterocycles. The van der Waals surface area contributed by atoms with Crippen LogP contribution in [0, 0.1) is 6.92 Å². The summed E-state index contributed by atoms with van der Waals surface area (Å²) in [6.07, 6.45) is 1.07. The molecule has 2 aromatic rings. The van der Waals surface area contributed by atoms with Crippen LogP contribution in [0.3, 0.4) is 0 Å². The highest BCUT2D eigenvalue weighted by molar-refractivity contribution is 6.31. The Labute approximate surface area is 145 Å². The van der Waals surface area contributed by atoms with Crippen LogP contribution < -0.4 is 5.32 Å². The van der Waals surface area contributed by atoms with E-state index in [4.69, 9.17) is 20.9 Å². The molecule has 128 valence electrons. The predicted molar refractivity (Wildman–Crippen MR) is 88.7 cm³/mol. The summed E-state index contributed by atoms with van der Waals surface area (Å²) in [6, 6.07) is 6.41. The maximum absolute atomic E-state index is 12.4. The fourth-order valence-electron chi connectivity index (χ4n) is 2.23. The third-order valence-corrected chi connectivity index (χ3v) is 3.66. The standard InChI is InChI=1S/C17H19ClN2O4/c1-10(2)23-16(21)8-15(12-6-4-5-7-14(12)18)20-17(22)13-9-19-24-11(13)3/h4-7,9-10,15H,8H2,1-3H3,(H,20,22). The van der Waals surface area contributed by atoms with Gasteiger partial charge in [0.1, 0.15) is 11.3 Å². The quantitative estimate of drug-likeness (QED) is 0.807. The molecule has 24 heavy (non-hydrogen) atoms. The molecule has 1 N–H and O–H groups in total. The number of amides is 1. The first kappa shape index (κ1) is 18.0. The maximum atomic E-state index is 12.4. The van der Waals surface area contributed by atoms with Crippen LogP contribution in [0.25, 0.3) is 0 Å². The van der Waals surface area contributed by atoms with Gasteiger partial charge in [0.05, 0.1) is 24.8 Å². The van der Waals surface area contributed by atoms with E-state index in [0.717, 1.165) is 0 Å². The minimum atomic E-state index is -0.619. The molecular weight excluding hydrogens is 332 g/mol. The van der Waals surface area contributed by atoms with Gasteiger partial charge >= 0.3 is 5.97 Å². The molecule has 1 aromatic carbocycles. The molecule has 1 unspecified atom stereocenters. The van der Waals surface area contributed by atoms with Crippen LogP contribution in [0.4, 0.5) is 0 Å². The highest BCUT2D eigenvalue weighted by Crippen LogP contribution is 2.26. The summed E-state index contributed by atoms with van der Waals surface area (Å²) >= 11 is 6.21. The van der Waals surface area contributed by atoms with Gasteiger partial charge in [-0.2, -0.15) is 0 Å². The zero-order valence-corrected chi connectivity index (χ0v) is 14.5. The summed E-state index contributed by atoms with van der Waals surface area (Å²) in [5.41, 5.74) is 0.951. The molecule has 1 amide bonds. The number of ether oxygens (including phenoxy) is 1. The topological polar surface area (TPSA) is 81.4 Å². The second kappa shape index (κ2) is 7.97. The van der Waals surface area contributed by atoms with Crippen LogP contribution in [-0.2, 0) is 9.53 Å². The second-order valence-corrected chi connectivity index (χ2v) is 5.99. The number of aryl methyl sites for hydroxylation is 1. The fourth-order valence-corrected chi connectivity index (χ4v) is 2.49. The summed E-state index contributed by atoms with van der Waals surface area (Å²) in [6.45, 7) is 5.17. The lowest BCUT2D eigenvalue weighted by molar-refractivity contribution is -0.147. The average Bonchev–Trinajstić information content (AvgIpc) is 2.92. The molecular formula is C17H19ClN2O4. The Morgan fingerprint density at radius 3 is 2.62 bits per heavy atom. The molecule has 1 aromatic heterocycles. The summed E-state index contributed by atoms with van der Waals surface area (Å²) < 4.78 is 10.1. The number of hydrogen-bond acceptors (Lipinski definition) is 5. The molecule has 0 radical (unpaired) electrons. The molecule has 1 heterocycles. The highest BCUT2D eigenvalue weighted by Gasteiger charge is 2.24. The van der Waals surface area contributed by atoms with Crippen LogP contribution >= 0.6 is 11.6 Å². The normalized spacial score (nSPS) is 12.0. The molecule has 0 aliphatic rings. The Morgan fingerprint density at radius 1 is 1.33 bits per heavy atom. The van der Waals surface area contributed by atoms with E-state index in [2.05, 4.69) is 10.5 Å². The van der Waals surface area contributed by atoms with Gasteiger partial charge < -0.3 is 14.6 Å². The number of nitrogens with zero attached hydrogens (tertiary/aromatic N) is 1. The minimum Gasteiger partial charge on any atom is -0.463 e. The van der Waals surface area contributed by atoms with E-state index in [1.807, 2.05) is 0 Å². The van der Waals surface area contributed by atoms with Crippen LogP contribution in [0.5, 0.6) is 0 Å². The van der Waals surface area contributed by atoms with Crippen molar-refractivity contribution in [2.45, 2.75) is 39.3 Å². The van der Waals surface area contributed by atoms with E-state index in [0.29, 0.717) is 21.9 Å². The third-order valence-electron chi connectivity index (χ3n) is 3.32. The number of halogens is 1. The number of carbonyl (C=O) groups excluding carboxylic acids is 2. The van der Waals surface area contributed by atoms with Gasteiger partial charge in [-0.05, 0) is 32.4 Å². The van der Waals surface area contributed by atoms with Gasteiger partial charge in [-0.15, -0.1) is 0 Å². The molecule has 2 rings (SSSR count). The van der Waals surface area contributed by atoms with E-state index >= 15 is 0 Å². The summed E-state index contributed by atoms with van der Waals surface area (Å²) in [5.74, 6) is -0.413. The minimum absolute atomic E-state index is 0.0298. The van der Waals surface area contributed by atoms with E-state index in [1.165, 1.54) is 6.20 Å². The van der Waals surface area contributed by atoms with Crippen LogP contribution in [0.15, 0.2) is 35.0 Å². The van der Waals surface area contributed by atoms with Gasteiger partial charge in [0.15, 0.2) is 0 Å². The molecule has 1 atom stereocenters. The smallest absolute Gasteiger partial charge is 0.308 e.